The summed E-state index contributed by atoms with van der Waals surface area (Å²) in [6.45, 7) is 2.21. The summed E-state index contributed by atoms with van der Waals surface area (Å²) in [6, 6.07) is 25.4. The van der Waals surface area contributed by atoms with Crippen LogP contribution in [0.1, 0.15) is 30.0 Å². The van der Waals surface area contributed by atoms with Gasteiger partial charge in [-0.1, -0.05) is 67.4 Å². The van der Waals surface area contributed by atoms with E-state index in [1.807, 2.05) is 85.8 Å². The smallest absolute Gasteiger partial charge is 0.148 e. The van der Waals surface area contributed by atoms with Crippen LogP contribution in [0.2, 0.25) is 0 Å². The van der Waals surface area contributed by atoms with Crippen molar-refractivity contribution in [1.82, 2.24) is 0 Å². The Morgan fingerprint density at radius 2 is 1.26 bits per heavy atom. The van der Waals surface area contributed by atoms with Gasteiger partial charge in [0, 0.05) is 11.8 Å². The van der Waals surface area contributed by atoms with E-state index in [-0.39, 0.29) is 33.0 Å². The quantitative estimate of drug-likeness (QED) is 0.129. The molecule has 0 fully saturated rings. The van der Waals surface area contributed by atoms with Crippen LogP contribution in [0.15, 0.2) is 78.9 Å². The molecule has 3 rings (SSSR count). The highest BCUT2D eigenvalue weighted by Gasteiger charge is 2.39. The molecule has 204 valence electrons. The van der Waals surface area contributed by atoms with Crippen LogP contribution in [-0.4, -0.2) is 52.0 Å². The number of ether oxygens (including phenoxy) is 5. The van der Waals surface area contributed by atoms with Crippen LogP contribution in [0.5, 0.6) is 11.5 Å². The molecule has 0 aliphatic rings. The Bertz CT molecular complexity index is 1180. The fourth-order valence-corrected chi connectivity index (χ4v) is 4.41. The summed E-state index contributed by atoms with van der Waals surface area (Å²) in [6.07, 6.45) is 10.1. The summed E-state index contributed by atoms with van der Waals surface area (Å²) in [5, 5.41) is 10.7. The van der Waals surface area contributed by atoms with Crippen LogP contribution >= 0.6 is 0 Å². The van der Waals surface area contributed by atoms with Crippen LogP contribution in [-0.2, 0) is 19.8 Å². The third kappa shape index (κ3) is 7.20. The monoisotopic (exact) mass is 528 g/mol. The molecule has 2 unspecified atom stereocenters. The topological polar surface area (TPSA) is 66.4 Å². The zero-order valence-electron chi connectivity index (χ0n) is 22.8. The zero-order chi connectivity index (χ0) is 28.1. The maximum absolute atomic E-state index is 10.7. The summed E-state index contributed by atoms with van der Waals surface area (Å²) < 4.78 is 29.1. The van der Waals surface area contributed by atoms with Gasteiger partial charge in [-0.25, -0.2) is 0 Å². The van der Waals surface area contributed by atoms with Gasteiger partial charge in [-0.2, -0.15) is 0 Å². The largest absolute Gasteiger partial charge is 0.497 e. The number of aliphatic hydroxyl groups excluding tert-OH is 1. The average Bonchev–Trinajstić information content (AvgIpc) is 2.98. The van der Waals surface area contributed by atoms with Crippen molar-refractivity contribution in [2.45, 2.75) is 25.0 Å². The highest BCUT2D eigenvalue weighted by Crippen LogP contribution is 2.41. The lowest BCUT2D eigenvalue weighted by Gasteiger charge is -2.37. The second-order valence-corrected chi connectivity index (χ2v) is 9.39. The van der Waals surface area contributed by atoms with Gasteiger partial charge in [0.25, 0.3) is 0 Å². The summed E-state index contributed by atoms with van der Waals surface area (Å²) in [5.41, 5.74) is 0.874. The first-order chi connectivity index (χ1) is 18.9. The summed E-state index contributed by atoms with van der Waals surface area (Å²) in [5.74, 6) is 6.42. The lowest BCUT2D eigenvalue weighted by Crippen LogP contribution is -2.42. The van der Waals surface area contributed by atoms with Crippen LogP contribution in [0.3, 0.4) is 0 Å². The van der Waals surface area contributed by atoms with Gasteiger partial charge >= 0.3 is 0 Å². The molecule has 39 heavy (non-hydrogen) atoms. The van der Waals surface area contributed by atoms with Crippen molar-refractivity contribution in [3.8, 4) is 36.2 Å². The first-order valence-electron chi connectivity index (χ1n) is 12.6. The van der Waals surface area contributed by atoms with Crippen molar-refractivity contribution >= 4 is 0 Å². The van der Waals surface area contributed by atoms with Gasteiger partial charge in [0.2, 0.25) is 0 Å². The Hall–Kier alpha value is -3.78. The van der Waals surface area contributed by atoms with Crippen molar-refractivity contribution in [2.24, 2.45) is 5.41 Å². The number of aliphatic hydroxyl groups is 1. The van der Waals surface area contributed by atoms with Crippen molar-refractivity contribution in [1.29, 1.82) is 0 Å². The SMILES string of the molecule is C#CCOCC(C)(COCOC(c1ccccc1)(c1ccc(OC)cc1)c1ccc(OC)cc1)C(O)CC#C. The van der Waals surface area contributed by atoms with Crippen LogP contribution in [0, 0.1) is 30.1 Å². The Morgan fingerprint density at radius 1 is 0.744 bits per heavy atom. The molecule has 2 atom stereocenters. The number of benzene rings is 3. The van der Waals surface area contributed by atoms with Crippen LogP contribution in [0.4, 0.5) is 0 Å². The fraction of sp³-hybridized carbons (Fsp3) is 0.333. The van der Waals surface area contributed by atoms with E-state index in [4.69, 9.17) is 36.5 Å². The molecule has 0 aromatic heterocycles. The first-order valence-corrected chi connectivity index (χ1v) is 12.6. The summed E-state index contributed by atoms with van der Waals surface area (Å²) >= 11 is 0. The van der Waals surface area contributed by atoms with E-state index in [2.05, 4.69) is 11.8 Å². The lowest BCUT2D eigenvalue weighted by molar-refractivity contribution is -0.151. The number of rotatable bonds is 15. The predicted molar refractivity (Wildman–Crippen MR) is 151 cm³/mol. The van der Waals surface area contributed by atoms with E-state index in [9.17, 15) is 5.11 Å². The molecule has 0 aliphatic heterocycles. The molecule has 0 aliphatic carbocycles. The van der Waals surface area contributed by atoms with E-state index >= 15 is 0 Å². The highest BCUT2D eigenvalue weighted by atomic mass is 16.7. The molecule has 0 spiro atoms. The van der Waals surface area contributed by atoms with Gasteiger partial charge in [-0.15, -0.1) is 18.8 Å². The molecule has 0 heterocycles. The second-order valence-electron chi connectivity index (χ2n) is 9.39. The molecule has 0 radical (unpaired) electrons. The van der Waals surface area contributed by atoms with Crippen LogP contribution in [0.25, 0.3) is 0 Å². The Balaban J connectivity index is 1.98. The molecular formula is C33H36O6. The minimum Gasteiger partial charge on any atom is -0.497 e. The molecule has 0 bridgehead atoms. The molecular weight excluding hydrogens is 492 g/mol. The molecule has 0 saturated carbocycles. The third-order valence-electron chi connectivity index (χ3n) is 6.70. The molecule has 1 N–H and O–H groups in total. The lowest BCUT2D eigenvalue weighted by atomic mass is 9.80. The van der Waals surface area contributed by atoms with Gasteiger partial charge in [0.1, 0.15) is 30.5 Å². The van der Waals surface area contributed by atoms with Crippen LogP contribution < -0.4 is 9.47 Å². The molecule has 6 nitrogen and oxygen atoms in total. The zero-order valence-corrected chi connectivity index (χ0v) is 22.8. The van der Waals surface area contributed by atoms with E-state index in [0.29, 0.717) is 0 Å². The van der Waals surface area contributed by atoms with E-state index in [0.717, 1.165) is 28.2 Å². The Morgan fingerprint density at radius 3 is 1.74 bits per heavy atom. The molecule has 0 amide bonds. The molecule has 0 saturated heterocycles. The number of hydrogen-bond donors (Lipinski definition) is 1. The number of methoxy groups -OCH3 is 2. The average molecular weight is 529 g/mol. The van der Waals surface area contributed by atoms with E-state index < -0.39 is 17.1 Å². The molecule has 3 aromatic rings. The maximum Gasteiger partial charge on any atom is 0.148 e. The summed E-state index contributed by atoms with van der Waals surface area (Å²) in [4.78, 5) is 0. The van der Waals surface area contributed by atoms with Crippen molar-refractivity contribution in [3.63, 3.8) is 0 Å². The number of terminal acetylenes is 2. The van der Waals surface area contributed by atoms with Crippen molar-refractivity contribution in [3.05, 3.63) is 95.6 Å². The predicted octanol–water partition coefficient (Wildman–Crippen LogP) is 5.03. The minimum atomic E-state index is -1.02. The minimum absolute atomic E-state index is 0.0829. The van der Waals surface area contributed by atoms with Gasteiger partial charge < -0.3 is 28.8 Å². The van der Waals surface area contributed by atoms with Crippen molar-refractivity contribution < 1.29 is 28.8 Å². The number of hydrogen-bond acceptors (Lipinski definition) is 6. The van der Waals surface area contributed by atoms with Gasteiger partial charge in [-0.05, 0) is 41.0 Å². The van der Waals surface area contributed by atoms with E-state index in [1.54, 1.807) is 14.2 Å². The normalized spacial score (nSPS) is 13.5. The second kappa shape index (κ2) is 14.4. The maximum atomic E-state index is 10.7. The van der Waals surface area contributed by atoms with Crippen molar-refractivity contribution in [2.75, 3.05) is 40.8 Å². The Kier molecular flexibility index (Phi) is 11.0. The molecule has 3 aromatic carbocycles. The van der Waals surface area contributed by atoms with Gasteiger partial charge in [0.15, 0.2) is 0 Å². The third-order valence-corrected chi connectivity index (χ3v) is 6.70. The highest BCUT2D eigenvalue weighted by molar-refractivity contribution is 5.49. The van der Waals surface area contributed by atoms with Gasteiger partial charge in [-0.3, -0.25) is 0 Å². The summed E-state index contributed by atoms with van der Waals surface area (Å²) in [7, 11) is 3.26. The molecule has 6 heteroatoms. The van der Waals surface area contributed by atoms with Gasteiger partial charge in [0.05, 0.1) is 33.5 Å². The fourth-order valence-electron chi connectivity index (χ4n) is 4.41. The standard InChI is InChI=1S/C33H36O6/c1-6-11-31(34)32(3,23-37-22-7-2)24-38-25-39-33(26-12-9-8-10-13-26,27-14-18-29(35-4)19-15-27)28-16-20-30(36-5)21-17-28/h1-2,8-10,12-21,31,34H,11,22-25H2,3-5H3. The first kappa shape index (κ1) is 29.8. The Labute approximate surface area is 231 Å². The van der Waals surface area contributed by atoms with E-state index in [1.165, 1.54) is 0 Å².